The number of hydrogen-bond donors (Lipinski definition) is 2. The first-order valence-electron chi connectivity index (χ1n) is 5.54. The molecule has 1 unspecified atom stereocenters. The first kappa shape index (κ1) is 14.0. The molecule has 1 fully saturated rings. The third-order valence-corrected chi connectivity index (χ3v) is 4.60. The lowest BCUT2D eigenvalue weighted by molar-refractivity contribution is -0.142. The number of nitrogens with zero attached hydrogens (tertiary/aromatic N) is 1. The van der Waals surface area contributed by atoms with Crippen LogP contribution in [0.3, 0.4) is 0 Å². The molecule has 1 atom stereocenters. The molecule has 8 heteroatoms. The lowest BCUT2D eigenvalue weighted by atomic mass is 10.1. The van der Waals surface area contributed by atoms with E-state index in [9.17, 15) is 14.4 Å². The van der Waals surface area contributed by atoms with Crippen molar-refractivity contribution in [2.75, 3.05) is 13.1 Å². The molecule has 1 aliphatic rings. The lowest BCUT2D eigenvalue weighted by Crippen LogP contribution is -2.57. The second-order valence-corrected chi connectivity index (χ2v) is 5.77. The Morgan fingerprint density at radius 2 is 2.32 bits per heavy atom. The highest BCUT2D eigenvalue weighted by atomic mass is 79.9. The zero-order chi connectivity index (χ0) is 14.0. The Bertz CT molecular complexity index is 531. The van der Waals surface area contributed by atoms with Crippen molar-refractivity contribution in [2.45, 2.75) is 12.5 Å². The van der Waals surface area contributed by atoms with E-state index in [4.69, 9.17) is 5.11 Å². The van der Waals surface area contributed by atoms with Gasteiger partial charge in [-0.1, -0.05) is 0 Å². The van der Waals surface area contributed by atoms with Crippen LogP contribution in [-0.2, 0) is 9.59 Å². The van der Waals surface area contributed by atoms with Crippen molar-refractivity contribution in [3.05, 3.63) is 20.8 Å². The number of aliphatic carboxylic acids is 1. The SMILES string of the molecule is O=C(O)CC1C(=O)NCCN1C(=O)c1sccc1Br. The molecular weight excluding hydrogens is 336 g/mol. The van der Waals surface area contributed by atoms with Crippen molar-refractivity contribution in [1.29, 1.82) is 0 Å². The van der Waals surface area contributed by atoms with Crippen LogP contribution in [0.5, 0.6) is 0 Å². The summed E-state index contributed by atoms with van der Waals surface area (Å²) in [4.78, 5) is 36.7. The van der Waals surface area contributed by atoms with Crippen LogP contribution in [0, 0.1) is 0 Å². The zero-order valence-electron chi connectivity index (χ0n) is 9.76. The predicted molar refractivity (Wildman–Crippen MR) is 72.1 cm³/mol. The van der Waals surface area contributed by atoms with Gasteiger partial charge in [0, 0.05) is 17.6 Å². The van der Waals surface area contributed by atoms with Crippen molar-refractivity contribution in [1.82, 2.24) is 10.2 Å². The maximum Gasteiger partial charge on any atom is 0.305 e. The third kappa shape index (κ3) is 2.95. The maximum absolute atomic E-state index is 12.4. The van der Waals surface area contributed by atoms with Gasteiger partial charge < -0.3 is 15.3 Å². The third-order valence-electron chi connectivity index (χ3n) is 2.77. The monoisotopic (exact) mass is 346 g/mol. The average molecular weight is 347 g/mol. The van der Waals surface area contributed by atoms with Gasteiger partial charge in [-0.3, -0.25) is 14.4 Å². The lowest BCUT2D eigenvalue weighted by Gasteiger charge is -2.34. The molecule has 0 saturated carbocycles. The van der Waals surface area contributed by atoms with E-state index in [0.29, 0.717) is 22.4 Å². The van der Waals surface area contributed by atoms with Crippen molar-refractivity contribution >= 4 is 45.1 Å². The van der Waals surface area contributed by atoms with E-state index in [1.54, 1.807) is 11.4 Å². The molecule has 1 aliphatic heterocycles. The van der Waals surface area contributed by atoms with Gasteiger partial charge in [0.25, 0.3) is 5.91 Å². The molecule has 102 valence electrons. The molecule has 2 N–H and O–H groups in total. The average Bonchev–Trinajstić information content (AvgIpc) is 2.77. The Kier molecular flexibility index (Phi) is 4.20. The fourth-order valence-electron chi connectivity index (χ4n) is 1.90. The molecule has 19 heavy (non-hydrogen) atoms. The Morgan fingerprint density at radius 3 is 2.89 bits per heavy atom. The molecule has 0 aliphatic carbocycles. The topological polar surface area (TPSA) is 86.7 Å². The van der Waals surface area contributed by atoms with Crippen LogP contribution in [0.15, 0.2) is 15.9 Å². The molecule has 1 saturated heterocycles. The standard InChI is InChI=1S/C11H11BrN2O4S/c12-6-1-4-19-9(6)11(18)14-3-2-13-10(17)7(14)5-8(15)16/h1,4,7H,2-3,5H2,(H,13,17)(H,15,16). The van der Waals surface area contributed by atoms with Gasteiger partial charge in [0.15, 0.2) is 0 Å². The van der Waals surface area contributed by atoms with Crippen molar-refractivity contribution < 1.29 is 19.5 Å². The van der Waals surface area contributed by atoms with E-state index in [1.807, 2.05) is 0 Å². The first-order chi connectivity index (χ1) is 9.00. The Morgan fingerprint density at radius 1 is 1.58 bits per heavy atom. The number of thiophene rings is 1. The summed E-state index contributed by atoms with van der Waals surface area (Å²) in [5.41, 5.74) is 0. The van der Waals surface area contributed by atoms with Crippen molar-refractivity contribution in [2.24, 2.45) is 0 Å². The summed E-state index contributed by atoms with van der Waals surface area (Å²) >= 11 is 4.52. The summed E-state index contributed by atoms with van der Waals surface area (Å²) in [6.07, 6.45) is -0.388. The molecule has 2 rings (SSSR count). The van der Waals surface area contributed by atoms with E-state index in [0.717, 1.165) is 0 Å². The molecule has 6 nitrogen and oxygen atoms in total. The largest absolute Gasteiger partial charge is 0.481 e. The van der Waals surface area contributed by atoms with Crippen LogP contribution in [0.25, 0.3) is 0 Å². The van der Waals surface area contributed by atoms with Gasteiger partial charge in [0.1, 0.15) is 10.9 Å². The normalized spacial score (nSPS) is 19.1. The number of carboxylic acids is 1. The van der Waals surface area contributed by atoms with Gasteiger partial charge >= 0.3 is 5.97 Å². The zero-order valence-corrected chi connectivity index (χ0v) is 12.2. The minimum Gasteiger partial charge on any atom is -0.481 e. The number of halogens is 1. The molecular formula is C11H11BrN2O4S. The number of carbonyl (C=O) groups is 3. The Labute approximate surface area is 121 Å². The minimum absolute atomic E-state index is 0.312. The highest BCUT2D eigenvalue weighted by Crippen LogP contribution is 2.25. The van der Waals surface area contributed by atoms with Gasteiger partial charge in [-0.2, -0.15) is 0 Å². The molecule has 0 radical (unpaired) electrons. The summed E-state index contributed by atoms with van der Waals surface area (Å²) in [6.45, 7) is 0.649. The summed E-state index contributed by atoms with van der Waals surface area (Å²) in [5, 5.41) is 13.2. The Hall–Kier alpha value is -1.41. The molecule has 1 aromatic heterocycles. The second kappa shape index (κ2) is 5.70. The number of piperazine rings is 1. The number of amides is 2. The number of nitrogens with one attached hydrogen (secondary N) is 1. The highest BCUT2D eigenvalue weighted by Gasteiger charge is 2.35. The fourth-order valence-corrected chi connectivity index (χ4v) is 3.40. The molecule has 2 heterocycles. The molecule has 1 aromatic rings. The quantitative estimate of drug-likeness (QED) is 0.852. The van der Waals surface area contributed by atoms with Crippen LogP contribution in [0.2, 0.25) is 0 Å². The van der Waals surface area contributed by atoms with Gasteiger partial charge in [0.2, 0.25) is 5.91 Å². The highest BCUT2D eigenvalue weighted by molar-refractivity contribution is 9.10. The number of rotatable bonds is 3. The van der Waals surface area contributed by atoms with E-state index >= 15 is 0 Å². The van der Waals surface area contributed by atoms with Crippen LogP contribution in [0.1, 0.15) is 16.1 Å². The summed E-state index contributed by atoms with van der Waals surface area (Å²) in [6, 6.07) is 0.793. The molecule has 2 amide bonds. The first-order valence-corrected chi connectivity index (χ1v) is 7.21. The van der Waals surface area contributed by atoms with E-state index in [2.05, 4.69) is 21.2 Å². The fraction of sp³-hybridized carbons (Fsp3) is 0.364. The number of carbonyl (C=O) groups excluding carboxylic acids is 2. The number of hydrogen-bond acceptors (Lipinski definition) is 4. The summed E-state index contributed by atoms with van der Waals surface area (Å²) < 4.78 is 0.655. The van der Waals surface area contributed by atoms with Gasteiger partial charge in [-0.25, -0.2) is 0 Å². The van der Waals surface area contributed by atoms with Gasteiger partial charge in [-0.05, 0) is 27.4 Å². The van der Waals surface area contributed by atoms with Gasteiger partial charge in [0.05, 0.1) is 6.42 Å². The van der Waals surface area contributed by atoms with E-state index in [1.165, 1.54) is 16.2 Å². The maximum atomic E-state index is 12.4. The second-order valence-electron chi connectivity index (χ2n) is 4.00. The molecule has 0 bridgehead atoms. The van der Waals surface area contributed by atoms with Crippen LogP contribution >= 0.6 is 27.3 Å². The van der Waals surface area contributed by atoms with Crippen molar-refractivity contribution in [3.63, 3.8) is 0 Å². The minimum atomic E-state index is -1.11. The Balaban J connectivity index is 2.25. The number of carboxylic acid groups (broad SMARTS) is 1. The molecule has 0 aromatic carbocycles. The van der Waals surface area contributed by atoms with Crippen LogP contribution in [0.4, 0.5) is 0 Å². The van der Waals surface area contributed by atoms with Gasteiger partial charge in [-0.15, -0.1) is 11.3 Å². The van der Waals surface area contributed by atoms with Crippen LogP contribution in [-0.4, -0.2) is 46.9 Å². The molecule has 0 spiro atoms. The van der Waals surface area contributed by atoms with Crippen molar-refractivity contribution in [3.8, 4) is 0 Å². The smallest absolute Gasteiger partial charge is 0.305 e. The van der Waals surface area contributed by atoms with E-state index in [-0.39, 0.29) is 12.3 Å². The predicted octanol–water partition coefficient (Wildman–Crippen LogP) is 0.926. The van der Waals surface area contributed by atoms with Crippen LogP contribution < -0.4 is 5.32 Å². The summed E-state index contributed by atoms with van der Waals surface area (Å²) in [7, 11) is 0. The summed E-state index contributed by atoms with van der Waals surface area (Å²) in [5.74, 6) is -1.84. The van der Waals surface area contributed by atoms with E-state index < -0.39 is 17.9 Å².